The second kappa shape index (κ2) is 6.97. The van der Waals surface area contributed by atoms with Crippen molar-refractivity contribution in [1.82, 2.24) is 9.80 Å². The quantitative estimate of drug-likeness (QED) is 0.767. The zero-order chi connectivity index (χ0) is 12.8. The van der Waals surface area contributed by atoms with Crippen LogP contribution in [0.5, 0.6) is 0 Å². The first-order valence-electron chi connectivity index (χ1n) is 6.73. The summed E-state index contributed by atoms with van der Waals surface area (Å²) in [5.74, 6) is 0.0136. The molecule has 4 heteroatoms. The van der Waals surface area contributed by atoms with Crippen molar-refractivity contribution < 1.29 is 9.90 Å². The van der Waals surface area contributed by atoms with E-state index in [1.165, 1.54) is 0 Å². The van der Waals surface area contributed by atoms with E-state index in [9.17, 15) is 9.90 Å². The predicted molar refractivity (Wildman–Crippen MR) is 69.2 cm³/mol. The van der Waals surface area contributed by atoms with Crippen LogP contribution in [0, 0.1) is 5.92 Å². The Bertz CT molecular complexity index is 244. The second-order valence-electron chi connectivity index (χ2n) is 5.37. The highest BCUT2D eigenvalue weighted by molar-refractivity contribution is 5.74. The van der Waals surface area contributed by atoms with E-state index in [0.29, 0.717) is 12.5 Å². The van der Waals surface area contributed by atoms with E-state index in [-0.39, 0.29) is 6.04 Å². The molecule has 1 fully saturated rings. The van der Waals surface area contributed by atoms with Crippen molar-refractivity contribution in [3.05, 3.63) is 0 Å². The largest absolute Gasteiger partial charge is 0.480 e. The van der Waals surface area contributed by atoms with Crippen LogP contribution in [-0.2, 0) is 4.79 Å². The zero-order valence-corrected chi connectivity index (χ0v) is 11.4. The van der Waals surface area contributed by atoms with Crippen molar-refractivity contribution in [2.45, 2.75) is 39.7 Å². The lowest BCUT2D eigenvalue weighted by Gasteiger charge is -2.39. The summed E-state index contributed by atoms with van der Waals surface area (Å²) < 4.78 is 0. The summed E-state index contributed by atoms with van der Waals surface area (Å²) in [5, 5.41) is 9.26. The normalized spacial score (nSPS) is 23.2. The van der Waals surface area contributed by atoms with Crippen molar-refractivity contribution in [2.75, 3.05) is 32.7 Å². The van der Waals surface area contributed by atoms with Crippen LogP contribution >= 0.6 is 0 Å². The van der Waals surface area contributed by atoms with Gasteiger partial charge in [-0.05, 0) is 31.8 Å². The standard InChI is InChI=1S/C13H26N2O2/c1-4-6-15-9-8-14(7-5-11(2)3)10-12(15)13(16)17/h11-12H,4-10H2,1-3H3,(H,16,17). The van der Waals surface area contributed by atoms with Gasteiger partial charge in [0, 0.05) is 19.6 Å². The topological polar surface area (TPSA) is 43.8 Å². The summed E-state index contributed by atoms with van der Waals surface area (Å²) in [5.41, 5.74) is 0. The summed E-state index contributed by atoms with van der Waals surface area (Å²) in [6.07, 6.45) is 2.18. The average Bonchev–Trinajstić information content (AvgIpc) is 2.27. The molecule has 1 N–H and O–H groups in total. The van der Waals surface area contributed by atoms with Gasteiger partial charge < -0.3 is 5.11 Å². The first-order chi connectivity index (χ1) is 8.04. The first kappa shape index (κ1) is 14.5. The number of rotatable bonds is 6. The monoisotopic (exact) mass is 242 g/mol. The van der Waals surface area contributed by atoms with E-state index in [2.05, 4.69) is 30.6 Å². The van der Waals surface area contributed by atoms with Gasteiger partial charge in [-0.3, -0.25) is 14.6 Å². The van der Waals surface area contributed by atoms with Gasteiger partial charge in [0.2, 0.25) is 0 Å². The summed E-state index contributed by atoms with van der Waals surface area (Å²) >= 11 is 0. The Morgan fingerprint density at radius 3 is 2.59 bits per heavy atom. The van der Waals surface area contributed by atoms with Crippen LogP contribution in [0.3, 0.4) is 0 Å². The molecule has 0 spiro atoms. The molecular formula is C13H26N2O2. The van der Waals surface area contributed by atoms with Crippen LogP contribution in [0.25, 0.3) is 0 Å². The smallest absolute Gasteiger partial charge is 0.322 e. The summed E-state index contributed by atoms with van der Waals surface area (Å²) in [4.78, 5) is 15.7. The van der Waals surface area contributed by atoms with Crippen molar-refractivity contribution in [1.29, 1.82) is 0 Å². The van der Waals surface area contributed by atoms with Crippen LogP contribution in [0.4, 0.5) is 0 Å². The Morgan fingerprint density at radius 1 is 1.35 bits per heavy atom. The zero-order valence-electron chi connectivity index (χ0n) is 11.4. The molecule has 17 heavy (non-hydrogen) atoms. The minimum Gasteiger partial charge on any atom is -0.480 e. The number of carboxylic acid groups (broad SMARTS) is 1. The van der Waals surface area contributed by atoms with Crippen molar-refractivity contribution in [3.8, 4) is 0 Å². The van der Waals surface area contributed by atoms with E-state index in [4.69, 9.17) is 0 Å². The molecule has 0 radical (unpaired) electrons. The Kier molecular flexibility index (Phi) is 5.92. The van der Waals surface area contributed by atoms with Gasteiger partial charge in [-0.25, -0.2) is 0 Å². The Morgan fingerprint density at radius 2 is 2.06 bits per heavy atom. The van der Waals surface area contributed by atoms with E-state index in [0.717, 1.165) is 39.0 Å². The maximum absolute atomic E-state index is 11.3. The molecule has 1 rings (SSSR count). The maximum Gasteiger partial charge on any atom is 0.322 e. The van der Waals surface area contributed by atoms with Crippen molar-refractivity contribution in [2.24, 2.45) is 5.92 Å². The van der Waals surface area contributed by atoms with Gasteiger partial charge >= 0.3 is 5.97 Å². The number of carboxylic acids is 1. The molecule has 1 aliphatic rings. The third-order valence-electron chi connectivity index (χ3n) is 3.39. The fourth-order valence-electron chi connectivity index (χ4n) is 2.31. The molecule has 0 aliphatic carbocycles. The highest BCUT2D eigenvalue weighted by Crippen LogP contribution is 2.12. The van der Waals surface area contributed by atoms with E-state index >= 15 is 0 Å². The maximum atomic E-state index is 11.3. The molecule has 1 heterocycles. The van der Waals surface area contributed by atoms with Crippen LogP contribution in [0.1, 0.15) is 33.6 Å². The number of hydrogen-bond acceptors (Lipinski definition) is 3. The highest BCUT2D eigenvalue weighted by Gasteiger charge is 2.31. The molecule has 1 saturated heterocycles. The molecule has 0 saturated carbocycles. The highest BCUT2D eigenvalue weighted by atomic mass is 16.4. The summed E-state index contributed by atoms with van der Waals surface area (Å²) in [6, 6.07) is -0.309. The second-order valence-corrected chi connectivity index (χ2v) is 5.37. The fourth-order valence-corrected chi connectivity index (χ4v) is 2.31. The van der Waals surface area contributed by atoms with Crippen molar-refractivity contribution in [3.63, 3.8) is 0 Å². The molecule has 4 nitrogen and oxygen atoms in total. The van der Waals surface area contributed by atoms with Crippen LogP contribution < -0.4 is 0 Å². The predicted octanol–water partition coefficient (Wildman–Crippen LogP) is 1.51. The Labute approximate surface area is 105 Å². The molecular weight excluding hydrogens is 216 g/mol. The van der Waals surface area contributed by atoms with Crippen LogP contribution in [-0.4, -0.2) is 59.6 Å². The summed E-state index contributed by atoms with van der Waals surface area (Å²) in [7, 11) is 0. The van der Waals surface area contributed by atoms with E-state index in [1.54, 1.807) is 0 Å². The van der Waals surface area contributed by atoms with Gasteiger partial charge in [-0.1, -0.05) is 20.8 Å². The molecule has 1 aliphatic heterocycles. The van der Waals surface area contributed by atoms with Crippen LogP contribution in [0.15, 0.2) is 0 Å². The lowest BCUT2D eigenvalue weighted by Crippen LogP contribution is -2.56. The molecule has 0 bridgehead atoms. The number of nitrogens with zero attached hydrogens (tertiary/aromatic N) is 2. The minimum atomic E-state index is -0.673. The molecule has 100 valence electrons. The van der Waals surface area contributed by atoms with Crippen molar-refractivity contribution >= 4 is 5.97 Å². The lowest BCUT2D eigenvalue weighted by molar-refractivity contribution is -0.145. The molecule has 0 aromatic heterocycles. The van der Waals surface area contributed by atoms with Crippen LogP contribution in [0.2, 0.25) is 0 Å². The summed E-state index contributed by atoms with van der Waals surface area (Å²) in [6.45, 7) is 11.0. The van der Waals surface area contributed by atoms with E-state index in [1.807, 2.05) is 0 Å². The minimum absolute atomic E-state index is 0.309. The van der Waals surface area contributed by atoms with Gasteiger partial charge in [0.1, 0.15) is 6.04 Å². The first-order valence-corrected chi connectivity index (χ1v) is 6.73. The molecule has 0 aromatic rings. The number of aliphatic carboxylic acids is 1. The average molecular weight is 242 g/mol. The fraction of sp³-hybridized carbons (Fsp3) is 0.923. The lowest BCUT2D eigenvalue weighted by atomic mass is 10.1. The third kappa shape index (κ3) is 4.64. The Balaban J connectivity index is 2.47. The number of carbonyl (C=O) groups is 1. The molecule has 1 atom stereocenters. The number of hydrogen-bond donors (Lipinski definition) is 1. The molecule has 1 unspecified atom stereocenters. The van der Waals surface area contributed by atoms with Gasteiger partial charge in [-0.15, -0.1) is 0 Å². The van der Waals surface area contributed by atoms with Gasteiger partial charge in [0.15, 0.2) is 0 Å². The number of piperazine rings is 1. The molecule has 0 aromatic carbocycles. The SMILES string of the molecule is CCCN1CCN(CCC(C)C)CC1C(=O)O. The van der Waals surface area contributed by atoms with Gasteiger partial charge in [0.25, 0.3) is 0 Å². The van der Waals surface area contributed by atoms with Gasteiger partial charge in [0.05, 0.1) is 0 Å². The Hall–Kier alpha value is -0.610. The van der Waals surface area contributed by atoms with Gasteiger partial charge in [-0.2, -0.15) is 0 Å². The third-order valence-corrected chi connectivity index (χ3v) is 3.39. The molecule has 0 amide bonds. The van der Waals surface area contributed by atoms with E-state index < -0.39 is 5.97 Å².